The Labute approximate surface area is 187 Å². The molecule has 2 aliphatic rings. The number of carbonyl (C=O) groups excluding carboxylic acids is 4. The zero-order valence-electron chi connectivity index (χ0n) is 17.3. The normalized spacial score (nSPS) is 18.5. The van der Waals surface area contributed by atoms with Crippen LogP contribution in [-0.2, 0) is 33.4 Å². The van der Waals surface area contributed by atoms with Gasteiger partial charge < -0.3 is 10.2 Å². The summed E-state index contributed by atoms with van der Waals surface area (Å²) >= 11 is 0. The third-order valence-electron chi connectivity index (χ3n) is 5.81. The number of amides is 4. The van der Waals surface area contributed by atoms with Gasteiger partial charge in [-0.25, -0.2) is 4.39 Å². The zero-order valence-corrected chi connectivity index (χ0v) is 17.3. The second-order valence-electron chi connectivity index (χ2n) is 7.90. The van der Waals surface area contributed by atoms with E-state index in [9.17, 15) is 32.3 Å². The fourth-order valence-electron chi connectivity index (χ4n) is 3.95. The summed E-state index contributed by atoms with van der Waals surface area (Å²) < 4.78 is 41.7. The summed E-state index contributed by atoms with van der Waals surface area (Å²) in [7, 11) is 3.43. The summed E-state index contributed by atoms with van der Waals surface area (Å²) in [4.78, 5) is 51.0. The predicted molar refractivity (Wildman–Crippen MR) is 109 cm³/mol. The quantitative estimate of drug-likeness (QED) is 0.698. The van der Waals surface area contributed by atoms with Crippen LogP contribution in [0.5, 0.6) is 0 Å². The zero-order chi connectivity index (χ0) is 23.9. The standard InChI is InChI=1S/C23H19F3N3O4/c1-28-19(30)9-8-18(21(28)32)29-12-14-10-13(2-7-17(14)20(29)31)11-27-22(33)23(25,26)15-3-5-16(24)6-4-15/h2-7,10,18H,1,8-9,11-12H2,(H,27,33). The summed E-state index contributed by atoms with van der Waals surface area (Å²) in [5, 5.41) is 2.16. The van der Waals surface area contributed by atoms with Gasteiger partial charge in [0.15, 0.2) is 0 Å². The highest BCUT2D eigenvalue weighted by Crippen LogP contribution is 2.31. The number of halogens is 3. The number of imide groups is 1. The van der Waals surface area contributed by atoms with Crippen molar-refractivity contribution in [2.75, 3.05) is 0 Å². The molecule has 1 atom stereocenters. The predicted octanol–water partition coefficient (Wildman–Crippen LogP) is 2.50. The van der Waals surface area contributed by atoms with E-state index in [0.717, 1.165) is 29.2 Å². The van der Waals surface area contributed by atoms with E-state index in [1.165, 1.54) is 17.0 Å². The number of hydrogen-bond donors (Lipinski definition) is 1. The van der Waals surface area contributed by atoms with Gasteiger partial charge in [0.1, 0.15) is 11.9 Å². The molecule has 0 saturated carbocycles. The van der Waals surface area contributed by atoms with Gasteiger partial charge in [-0.05, 0) is 47.9 Å². The number of carbonyl (C=O) groups is 4. The highest BCUT2D eigenvalue weighted by molar-refractivity contribution is 6.05. The lowest BCUT2D eigenvalue weighted by molar-refractivity contribution is -0.149. The van der Waals surface area contributed by atoms with Crippen molar-refractivity contribution in [1.29, 1.82) is 0 Å². The number of alkyl halides is 2. The van der Waals surface area contributed by atoms with E-state index in [-0.39, 0.29) is 31.8 Å². The Morgan fingerprint density at radius 3 is 2.52 bits per heavy atom. The van der Waals surface area contributed by atoms with E-state index in [2.05, 4.69) is 12.4 Å². The summed E-state index contributed by atoms with van der Waals surface area (Å²) in [5.74, 6) is -7.42. The lowest BCUT2D eigenvalue weighted by atomic mass is 10.0. The topological polar surface area (TPSA) is 86.8 Å². The summed E-state index contributed by atoms with van der Waals surface area (Å²) in [6, 6.07) is 7.21. The first-order valence-corrected chi connectivity index (χ1v) is 10.1. The highest BCUT2D eigenvalue weighted by atomic mass is 19.3. The van der Waals surface area contributed by atoms with Crippen LogP contribution in [-0.4, -0.2) is 39.5 Å². The van der Waals surface area contributed by atoms with Gasteiger partial charge in [-0.2, -0.15) is 8.78 Å². The second-order valence-corrected chi connectivity index (χ2v) is 7.90. The minimum Gasteiger partial charge on any atom is -0.346 e. The van der Waals surface area contributed by atoms with Gasteiger partial charge in [0.05, 0.1) is 0 Å². The average molecular weight is 458 g/mol. The molecule has 1 unspecified atom stereocenters. The number of benzene rings is 2. The van der Waals surface area contributed by atoms with Crippen LogP contribution < -0.4 is 5.32 Å². The molecule has 2 aromatic rings. The molecule has 4 amide bonds. The molecule has 4 rings (SSSR count). The number of piperidine rings is 1. The fourth-order valence-corrected chi connectivity index (χ4v) is 3.95. The number of nitrogens with zero attached hydrogens (tertiary/aromatic N) is 2. The monoisotopic (exact) mass is 458 g/mol. The minimum absolute atomic E-state index is 0.0968. The summed E-state index contributed by atoms with van der Waals surface area (Å²) in [5.41, 5.74) is 0.793. The second kappa shape index (κ2) is 8.34. The first-order chi connectivity index (χ1) is 15.6. The SMILES string of the molecule is [CH2]N1C(=O)CCC(N2Cc3cc(CNC(=O)C(F)(F)c4ccc(F)cc4)ccc3C2=O)C1=O. The Kier molecular flexibility index (Phi) is 5.69. The molecule has 1 fully saturated rings. The van der Waals surface area contributed by atoms with Crippen LogP contribution in [0.15, 0.2) is 42.5 Å². The molecule has 2 heterocycles. The van der Waals surface area contributed by atoms with Gasteiger partial charge in [-0.3, -0.25) is 24.1 Å². The Morgan fingerprint density at radius 2 is 1.82 bits per heavy atom. The molecule has 0 spiro atoms. The van der Waals surface area contributed by atoms with E-state index >= 15 is 0 Å². The molecule has 0 aromatic heterocycles. The van der Waals surface area contributed by atoms with Gasteiger partial charge in [-0.1, -0.05) is 12.1 Å². The van der Waals surface area contributed by atoms with Crippen molar-refractivity contribution in [1.82, 2.24) is 15.1 Å². The summed E-state index contributed by atoms with van der Waals surface area (Å²) in [6.45, 7) is -0.110. The van der Waals surface area contributed by atoms with E-state index in [0.29, 0.717) is 16.7 Å². The third kappa shape index (κ3) is 4.08. The molecule has 2 aliphatic heterocycles. The van der Waals surface area contributed by atoms with Gasteiger partial charge in [0.2, 0.25) is 5.91 Å². The maximum atomic E-state index is 14.4. The van der Waals surface area contributed by atoms with Crippen molar-refractivity contribution in [3.05, 3.63) is 77.6 Å². The van der Waals surface area contributed by atoms with E-state index in [1.54, 1.807) is 6.07 Å². The molecular weight excluding hydrogens is 439 g/mol. The lowest BCUT2D eigenvalue weighted by Crippen LogP contribution is -2.52. The number of hydrogen-bond acceptors (Lipinski definition) is 4. The molecule has 33 heavy (non-hydrogen) atoms. The van der Waals surface area contributed by atoms with Crippen molar-refractivity contribution in [2.24, 2.45) is 0 Å². The Hall–Kier alpha value is -3.69. The Balaban J connectivity index is 1.44. The van der Waals surface area contributed by atoms with Crippen LogP contribution in [0.2, 0.25) is 0 Å². The van der Waals surface area contributed by atoms with Gasteiger partial charge in [-0.15, -0.1) is 0 Å². The van der Waals surface area contributed by atoms with E-state index < -0.39 is 41.1 Å². The molecule has 0 aliphatic carbocycles. The maximum absolute atomic E-state index is 14.4. The van der Waals surface area contributed by atoms with Crippen LogP contribution >= 0.6 is 0 Å². The van der Waals surface area contributed by atoms with Crippen LogP contribution in [0.1, 0.15) is 39.9 Å². The van der Waals surface area contributed by atoms with E-state index in [4.69, 9.17) is 0 Å². The van der Waals surface area contributed by atoms with Crippen LogP contribution in [0.4, 0.5) is 13.2 Å². The first kappa shape index (κ1) is 22.5. The average Bonchev–Trinajstić information content (AvgIpc) is 3.11. The van der Waals surface area contributed by atoms with Crippen molar-refractivity contribution < 1.29 is 32.3 Å². The molecule has 7 nitrogen and oxygen atoms in total. The van der Waals surface area contributed by atoms with Crippen LogP contribution in [0.3, 0.4) is 0 Å². The molecule has 0 bridgehead atoms. The maximum Gasteiger partial charge on any atom is 0.349 e. The van der Waals surface area contributed by atoms with Crippen molar-refractivity contribution >= 4 is 23.6 Å². The van der Waals surface area contributed by atoms with Gasteiger partial charge >= 0.3 is 5.92 Å². The Morgan fingerprint density at radius 1 is 1.12 bits per heavy atom. The van der Waals surface area contributed by atoms with Crippen molar-refractivity contribution in [3.8, 4) is 0 Å². The number of likely N-dealkylation sites (tertiary alicyclic amines) is 1. The molecule has 1 N–H and O–H groups in total. The largest absolute Gasteiger partial charge is 0.349 e. The molecular formula is C23H19F3N3O4. The minimum atomic E-state index is -3.85. The number of fused-ring (bicyclic) bond motifs is 1. The highest BCUT2D eigenvalue weighted by Gasteiger charge is 2.42. The van der Waals surface area contributed by atoms with Gasteiger partial charge in [0, 0.05) is 37.7 Å². The van der Waals surface area contributed by atoms with Gasteiger partial charge in [0.25, 0.3) is 17.7 Å². The summed E-state index contributed by atoms with van der Waals surface area (Å²) in [6.07, 6.45) is 0.296. The molecule has 2 aromatic carbocycles. The molecule has 10 heteroatoms. The van der Waals surface area contributed by atoms with Crippen molar-refractivity contribution in [3.63, 3.8) is 0 Å². The number of nitrogens with one attached hydrogen (secondary N) is 1. The van der Waals surface area contributed by atoms with E-state index in [1.807, 2.05) is 0 Å². The van der Waals surface area contributed by atoms with Crippen molar-refractivity contribution in [2.45, 2.75) is 37.9 Å². The first-order valence-electron chi connectivity index (χ1n) is 10.1. The molecule has 1 saturated heterocycles. The number of rotatable bonds is 5. The van der Waals surface area contributed by atoms with Crippen LogP contribution in [0.25, 0.3) is 0 Å². The fraction of sp³-hybridized carbons (Fsp3) is 0.261. The molecule has 171 valence electrons. The molecule has 1 radical (unpaired) electrons. The Bertz CT molecular complexity index is 1150. The van der Waals surface area contributed by atoms with Crippen LogP contribution in [0, 0.1) is 12.9 Å². The lowest BCUT2D eigenvalue weighted by Gasteiger charge is -2.33. The third-order valence-corrected chi connectivity index (χ3v) is 5.81. The smallest absolute Gasteiger partial charge is 0.346 e.